The number of nitrogens with zero attached hydrogens (tertiary/aromatic N) is 4. The summed E-state index contributed by atoms with van der Waals surface area (Å²) in [6.07, 6.45) is 6.00. The lowest BCUT2D eigenvalue weighted by Crippen LogP contribution is -2.09. The molecule has 2 aliphatic rings. The smallest absolute Gasteiger partial charge is 0.154 e. The highest BCUT2D eigenvalue weighted by Gasteiger charge is 2.30. The van der Waals surface area contributed by atoms with Crippen molar-refractivity contribution in [2.45, 2.75) is 74.1 Å². The normalized spacial score (nSPS) is 15.0. The van der Waals surface area contributed by atoms with E-state index in [0.717, 1.165) is 63.5 Å². The Bertz CT molecular complexity index is 2170. The molecule has 2 atom stereocenters. The fourth-order valence-electron chi connectivity index (χ4n) is 7.55. The highest BCUT2D eigenvalue weighted by Crippen LogP contribution is 2.40. The van der Waals surface area contributed by atoms with Crippen LogP contribution in [0.1, 0.15) is 82.6 Å². The van der Waals surface area contributed by atoms with Crippen molar-refractivity contribution in [3.63, 3.8) is 0 Å². The van der Waals surface area contributed by atoms with Gasteiger partial charge in [0.25, 0.3) is 0 Å². The van der Waals surface area contributed by atoms with Gasteiger partial charge in [0.05, 0.1) is 11.4 Å². The molecule has 3 aromatic heterocycles. The zero-order chi connectivity index (χ0) is 32.3. The predicted octanol–water partition coefficient (Wildman–Crippen LogP) is 9.83. The average Bonchev–Trinajstić information content (AvgIpc) is 3.80. The van der Waals surface area contributed by atoms with E-state index < -0.39 is 0 Å². The van der Waals surface area contributed by atoms with Crippen molar-refractivity contribution in [2.24, 2.45) is 5.92 Å². The van der Waals surface area contributed by atoms with E-state index in [4.69, 9.17) is 19.9 Å². The maximum absolute atomic E-state index is 5.35. The van der Waals surface area contributed by atoms with Gasteiger partial charge in [0.1, 0.15) is 17.1 Å². The van der Waals surface area contributed by atoms with Crippen molar-refractivity contribution in [1.29, 1.82) is 0 Å². The summed E-state index contributed by atoms with van der Waals surface area (Å²) in [6.45, 7) is 17.6. The molecule has 5 aromatic rings. The summed E-state index contributed by atoms with van der Waals surface area (Å²) in [5.41, 5.74) is 17.5. The van der Waals surface area contributed by atoms with Crippen LogP contribution in [-0.2, 0) is 6.42 Å². The summed E-state index contributed by atoms with van der Waals surface area (Å²) in [5, 5.41) is 0. The van der Waals surface area contributed by atoms with Crippen LogP contribution in [0.3, 0.4) is 0 Å². The largest absolute Gasteiger partial charge is 0.340 e. The number of aryl methyl sites for hydroxylation is 6. The van der Waals surface area contributed by atoms with Crippen LogP contribution in [0.5, 0.6) is 0 Å². The minimum absolute atomic E-state index is 0.201. The molecule has 0 spiro atoms. The molecule has 0 saturated heterocycles. The van der Waals surface area contributed by atoms with Gasteiger partial charge in [0, 0.05) is 34.5 Å². The maximum Gasteiger partial charge on any atom is 0.154 e. The lowest BCUT2D eigenvalue weighted by atomic mass is 9.86. The second-order valence-corrected chi connectivity index (χ2v) is 13.3. The SMILES string of the molecule is CCC(C)[C@@H]1Cc2nc1nc1nc(c(-c3c(C)cc(C)cc3C)c3ccc(nc4ccc([nH]4)c2-c2c(C)cc(C)cc2C)[nH]3)C=C1. The molecule has 0 radical (unpaired) electrons. The Labute approximate surface area is 271 Å². The molecule has 7 rings (SSSR count). The van der Waals surface area contributed by atoms with E-state index >= 15 is 0 Å². The Balaban J connectivity index is 1.61. The Morgan fingerprint density at radius 2 is 1.20 bits per heavy atom. The summed E-state index contributed by atoms with van der Waals surface area (Å²) >= 11 is 0. The van der Waals surface area contributed by atoms with Gasteiger partial charge in [0.2, 0.25) is 0 Å². The highest BCUT2D eigenvalue weighted by molar-refractivity contribution is 5.92. The molecule has 6 nitrogen and oxygen atoms in total. The molecule has 2 aliphatic heterocycles. The molecule has 6 heteroatoms. The lowest BCUT2D eigenvalue weighted by Gasteiger charge is -2.17. The number of nitrogens with one attached hydrogen (secondary N) is 2. The van der Waals surface area contributed by atoms with Gasteiger partial charge in [-0.1, -0.05) is 55.7 Å². The van der Waals surface area contributed by atoms with Gasteiger partial charge in [0.15, 0.2) is 5.82 Å². The minimum Gasteiger partial charge on any atom is -0.340 e. The van der Waals surface area contributed by atoms with Crippen molar-refractivity contribution in [3.8, 4) is 22.3 Å². The number of aromatic amines is 2. The van der Waals surface area contributed by atoms with Crippen LogP contribution < -0.4 is 0 Å². The van der Waals surface area contributed by atoms with Gasteiger partial charge in [-0.15, -0.1) is 0 Å². The topological polar surface area (TPSA) is 83.1 Å². The zero-order valence-corrected chi connectivity index (χ0v) is 28.1. The van der Waals surface area contributed by atoms with Gasteiger partial charge in [-0.05, 0) is 117 Å². The number of hydrogen-bond acceptors (Lipinski definition) is 4. The fourth-order valence-corrected chi connectivity index (χ4v) is 7.55. The first-order valence-electron chi connectivity index (χ1n) is 16.4. The molecule has 0 amide bonds. The van der Waals surface area contributed by atoms with Crippen molar-refractivity contribution < 1.29 is 0 Å². The summed E-state index contributed by atoms with van der Waals surface area (Å²) in [5.74, 6) is 2.18. The van der Waals surface area contributed by atoms with Crippen LogP contribution in [0.25, 0.3) is 56.7 Å². The van der Waals surface area contributed by atoms with E-state index in [2.05, 4.69) is 114 Å². The molecule has 232 valence electrons. The molecule has 2 aromatic carbocycles. The summed E-state index contributed by atoms with van der Waals surface area (Å²) < 4.78 is 0. The Morgan fingerprint density at radius 3 is 1.76 bits per heavy atom. The quantitative estimate of drug-likeness (QED) is 0.209. The minimum atomic E-state index is 0.201. The molecule has 0 saturated carbocycles. The number of benzene rings is 2. The van der Waals surface area contributed by atoms with Crippen LogP contribution in [-0.4, -0.2) is 29.9 Å². The van der Waals surface area contributed by atoms with Crippen LogP contribution in [0.2, 0.25) is 0 Å². The highest BCUT2D eigenvalue weighted by atomic mass is 15.0. The Morgan fingerprint density at radius 1 is 0.652 bits per heavy atom. The van der Waals surface area contributed by atoms with E-state index in [1.54, 1.807) is 0 Å². The monoisotopic (exact) mass is 606 g/mol. The fraction of sp³-hybridized carbons (Fsp3) is 0.300. The van der Waals surface area contributed by atoms with E-state index in [9.17, 15) is 0 Å². The third-order valence-electron chi connectivity index (χ3n) is 9.70. The first kappa shape index (κ1) is 29.8. The van der Waals surface area contributed by atoms with Gasteiger partial charge >= 0.3 is 0 Å². The molecule has 1 unspecified atom stereocenters. The van der Waals surface area contributed by atoms with E-state index in [1.807, 2.05) is 12.1 Å². The molecule has 46 heavy (non-hydrogen) atoms. The van der Waals surface area contributed by atoms with Crippen molar-refractivity contribution in [2.75, 3.05) is 0 Å². The average molecular weight is 607 g/mol. The molecular formula is C40H42N6. The second-order valence-electron chi connectivity index (χ2n) is 13.3. The molecule has 2 N–H and O–H groups in total. The molecule has 5 heterocycles. The summed E-state index contributed by atoms with van der Waals surface area (Å²) in [6, 6.07) is 17.4. The van der Waals surface area contributed by atoms with Crippen LogP contribution in [0.4, 0.5) is 0 Å². The standard InChI is InChI=1S/C40H42N6/c1-9-23(4)28-20-32-39(37-26(7)18-22(3)19-27(37)8)31-11-14-34(42-31)45-33-13-10-29(41-33)38(36-24(5)16-21(2)17-25(36)6)30-12-15-35(43-30)46-40(28)44-32/h10-19,23,28H,9,20H2,1-8H3,(H2,41,42,45)/t23?,28-/m0/s1. The van der Waals surface area contributed by atoms with Crippen molar-refractivity contribution >= 4 is 34.5 Å². The molecule has 0 aliphatic carbocycles. The Hall–Kier alpha value is -4.84. The van der Waals surface area contributed by atoms with Gasteiger partial charge in [-0.25, -0.2) is 19.9 Å². The summed E-state index contributed by atoms with van der Waals surface area (Å²) in [7, 11) is 0. The second kappa shape index (κ2) is 11.5. The first-order valence-corrected chi connectivity index (χ1v) is 16.4. The third kappa shape index (κ3) is 5.26. The van der Waals surface area contributed by atoms with Gasteiger partial charge < -0.3 is 9.97 Å². The van der Waals surface area contributed by atoms with Gasteiger partial charge in [-0.3, -0.25) is 0 Å². The maximum atomic E-state index is 5.35. The van der Waals surface area contributed by atoms with Crippen molar-refractivity contribution in [3.05, 3.63) is 105 Å². The van der Waals surface area contributed by atoms with Crippen LogP contribution in [0, 0.1) is 47.5 Å². The number of rotatable bonds is 4. The third-order valence-corrected chi connectivity index (χ3v) is 9.70. The van der Waals surface area contributed by atoms with E-state index in [0.29, 0.717) is 11.7 Å². The van der Waals surface area contributed by atoms with E-state index in [1.165, 1.54) is 44.5 Å². The van der Waals surface area contributed by atoms with Crippen LogP contribution >= 0.6 is 0 Å². The lowest BCUT2D eigenvalue weighted by molar-refractivity contribution is 0.444. The first-order chi connectivity index (χ1) is 22.1. The molecular weight excluding hydrogens is 564 g/mol. The predicted molar refractivity (Wildman–Crippen MR) is 191 cm³/mol. The summed E-state index contributed by atoms with van der Waals surface area (Å²) in [4.78, 5) is 28.0. The number of hydrogen-bond donors (Lipinski definition) is 2. The van der Waals surface area contributed by atoms with Gasteiger partial charge in [-0.2, -0.15) is 0 Å². The molecule has 0 fully saturated rings. The Kier molecular flexibility index (Phi) is 7.47. The number of fused-ring (bicyclic) bond motifs is 8. The zero-order valence-electron chi connectivity index (χ0n) is 28.1. The molecule has 8 bridgehead atoms. The number of aromatic nitrogens is 6. The number of H-pyrrole nitrogens is 2. The van der Waals surface area contributed by atoms with Crippen molar-refractivity contribution in [1.82, 2.24) is 29.9 Å². The van der Waals surface area contributed by atoms with Crippen LogP contribution in [0.15, 0.2) is 48.5 Å². The van der Waals surface area contributed by atoms with E-state index in [-0.39, 0.29) is 5.92 Å².